The second kappa shape index (κ2) is 9.82. The summed E-state index contributed by atoms with van der Waals surface area (Å²) in [5.74, 6) is 0.867. The van der Waals surface area contributed by atoms with E-state index in [-0.39, 0.29) is 11.9 Å². The van der Waals surface area contributed by atoms with Gasteiger partial charge in [0.1, 0.15) is 6.04 Å². The number of guanidine groups is 1. The fourth-order valence-electron chi connectivity index (χ4n) is 4.96. The number of piperazine rings is 1. The number of carbonyl (C=O) groups is 1. The quantitative estimate of drug-likeness (QED) is 0.575. The highest BCUT2D eigenvalue weighted by molar-refractivity contribution is 6.22. The number of hydrogen-bond acceptors (Lipinski definition) is 4. The van der Waals surface area contributed by atoms with Crippen molar-refractivity contribution in [3.05, 3.63) is 101 Å². The summed E-state index contributed by atoms with van der Waals surface area (Å²) in [5, 5.41) is 0. The van der Waals surface area contributed by atoms with Gasteiger partial charge in [-0.25, -0.2) is 9.89 Å². The van der Waals surface area contributed by atoms with Crippen LogP contribution in [0.4, 0.5) is 5.69 Å². The van der Waals surface area contributed by atoms with Crippen molar-refractivity contribution in [3.8, 4) is 0 Å². The van der Waals surface area contributed by atoms with Gasteiger partial charge in [0.05, 0.1) is 5.69 Å². The van der Waals surface area contributed by atoms with E-state index >= 15 is 0 Å². The van der Waals surface area contributed by atoms with E-state index in [1.165, 1.54) is 5.56 Å². The number of benzene rings is 3. The lowest BCUT2D eigenvalue weighted by Gasteiger charge is -2.37. The number of rotatable bonds is 5. The maximum atomic E-state index is 13.7. The summed E-state index contributed by atoms with van der Waals surface area (Å²) >= 11 is 0. The van der Waals surface area contributed by atoms with E-state index in [9.17, 15) is 4.79 Å². The molecule has 1 atom stereocenters. The Morgan fingerprint density at radius 2 is 1.38 bits per heavy atom. The van der Waals surface area contributed by atoms with Crippen LogP contribution in [0.3, 0.4) is 0 Å². The van der Waals surface area contributed by atoms with Gasteiger partial charge < -0.3 is 4.90 Å². The molecule has 0 aromatic heterocycles. The normalized spacial score (nSPS) is 18.9. The van der Waals surface area contributed by atoms with Gasteiger partial charge in [-0.3, -0.25) is 9.69 Å². The fraction of sp³-hybridized carbons (Fsp3) is 0.310. The van der Waals surface area contributed by atoms with Crippen LogP contribution in [0.1, 0.15) is 22.3 Å². The van der Waals surface area contributed by atoms with Crippen molar-refractivity contribution < 1.29 is 4.79 Å². The topological polar surface area (TPSA) is 39.2 Å². The molecule has 3 aromatic rings. The second-order valence-electron chi connectivity index (χ2n) is 9.40. The van der Waals surface area contributed by atoms with Crippen molar-refractivity contribution in [1.29, 1.82) is 0 Å². The predicted octanol–water partition coefficient (Wildman–Crippen LogP) is 4.44. The lowest BCUT2D eigenvalue weighted by atomic mass is 10.1. The molecule has 1 saturated heterocycles. The van der Waals surface area contributed by atoms with Gasteiger partial charge in [-0.2, -0.15) is 0 Å². The Balaban J connectivity index is 1.37. The minimum Gasteiger partial charge on any atom is -0.340 e. The van der Waals surface area contributed by atoms with E-state index in [1.54, 1.807) is 0 Å². The van der Waals surface area contributed by atoms with Crippen molar-refractivity contribution in [2.45, 2.75) is 32.9 Å². The zero-order valence-electron chi connectivity index (χ0n) is 20.0. The first-order valence-corrected chi connectivity index (χ1v) is 12.1. The fourth-order valence-corrected chi connectivity index (χ4v) is 4.96. The highest BCUT2D eigenvalue weighted by Crippen LogP contribution is 2.27. The molecule has 1 fully saturated rings. The number of nitrogens with zero attached hydrogens (tertiary/aromatic N) is 4. The molecule has 174 valence electrons. The standard InChI is InChI=1S/C29H32N4O/c1-22-17-23(2)19-26(18-22)33-28(34)27(20-24-9-5-3-6-10-24)30-29(33)32-15-13-31(14-16-32)21-25-11-7-4-8-12-25/h3-12,17-19,27H,13-16,20-21H2,1-2H3. The Hall–Kier alpha value is -3.44. The Kier molecular flexibility index (Phi) is 6.45. The number of hydrogen-bond donors (Lipinski definition) is 0. The predicted molar refractivity (Wildman–Crippen MR) is 138 cm³/mol. The average Bonchev–Trinajstić information content (AvgIpc) is 3.16. The molecule has 0 spiro atoms. The van der Waals surface area contributed by atoms with E-state index < -0.39 is 0 Å². The summed E-state index contributed by atoms with van der Waals surface area (Å²) in [5.41, 5.74) is 5.70. The molecule has 1 unspecified atom stereocenters. The smallest absolute Gasteiger partial charge is 0.259 e. The highest BCUT2D eigenvalue weighted by atomic mass is 16.2. The van der Waals surface area contributed by atoms with Gasteiger partial charge in [0.2, 0.25) is 5.96 Å². The molecule has 0 saturated carbocycles. The van der Waals surface area contributed by atoms with Gasteiger partial charge in [-0.05, 0) is 48.2 Å². The number of carbonyl (C=O) groups excluding carboxylic acids is 1. The number of aryl methyl sites for hydroxylation is 2. The van der Waals surface area contributed by atoms with Crippen LogP contribution in [-0.2, 0) is 17.8 Å². The number of amides is 1. The maximum absolute atomic E-state index is 13.7. The highest BCUT2D eigenvalue weighted by Gasteiger charge is 2.39. The van der Waals surface area contributed by atoms with Gasteiger partial charge in [-0.15, -0.1) is 0 Å². The lowest BCUT2D eigenvalue weighted by molar-refractivity contribution is -0.118. The Labute approximate surface area is 202 Å². The molecule has 5 rings (SSSR count). The molecule has 5 nitrogen and oxygen atoms in total. The van der Waals surface area contributed by atoms with Gasteiger partial charge >= 0.3 is 0 Å². The first kappa shape index (κ1) is 22.4. The van der Waals surface area contributed by atoms with Crippen LogP contribution in [0.5, 0.6) is 0 Å². The van der Waals surface area contributed by atoms with Crippen molar-refractivity contribution in [2.24, 2.45) is 4.99 Å². The molecule has 2 heterocycles. The molecule has 0 radical (unpaired) electrons. The molecule has 0 bridgehead atoms. The average molecular weight is 453 g/mol. The lowest BCUT2D eigenvalue weighted by Crippen LogP contribution is -2.53. The third-order valence-electron chi connectivity index (χ3n) is 6.62. The first-order valence-electron chi connectivity index (χ1n) is 12.1. The van der Waals surface area contributed by atoms with Crippen molar-refractivity contribution in [2.75, 3.05) is 31.1 Å². The number of anilines is 1. The van der Waals surface area contributed by atoms with E-state index in [0.717, 1.165) is 61.1 Å². The summed E-state index contributed by atoms with van der Waals surface area (Å²) < 4.78 is 0. The SMILES string of the molecule is Cc1cc(C)cc(N2C(=O)C(Cc3ccccc3)N=C2N2CCN(Cc3ccccc3)CC2)c1. The third kappa shape index (κ3) is 4.90. The Morgan fingerprint density at radius 1 is 0.794 bits per heavy atom. The molecule has 34 heavy (non-hydrogen) atoms. The summed E-state index contributed by atoms with van der Waals surface area (Å²) in [4.78, 5) is 25.3. The van der Waals surface area contributed by atoms with Gasteiger partial charge in [-0.1, -0.05) is 66.7 Å². The van der Waals surface area contributed by atoms with Crippen molar-refractivity contribution in [1.82, 2.24) is 9.80 Å². The third-order valence-corrected chi connectivity index (χ3v) is 6.62. The summed E-state index contributed by atoms with van der Waals surface area (Å²) in [6, 6.07) is 26.8. The van der Waals surface area contributed by atoms with Crippen LogP contribution < -0.4 is 4.90 Å². The van der Waals surface area contributed by atoms with Crippen LogP contribution in [0.2, 0.25) is 0 Å². The molecule has 0 aliphatic carbocycles. The van der Waals surface area contributed by atoms with Crippen LogP contribution in [0.15, 0.2) is 83.9 Å². The zero-order valence-corrected chi connectivity index (χ0v) is 20.0. The second-order valence-corrected chi connectivity index (χ2v) is 9.40. The molecular weight excluding hydrogens is 420 g/mol. The van der Waals surface area contributed by atoms with Crippen molar-refractivity contribution in [3.63, 3.8) is 0 Å². The first-order chi connectivity index (χ1) is 16.6. The summed E-state index contributed by atoms with van der Waals surface area (Å²) in [6.07, 6.45) is 0.623. The van der Waals surface area contributed by atoms with Crippen LogP contribution in [0.25, 0.3) is 0 Å². The van der Waals surface area contributed by atoms with Gasteiger partial charge in [0, 0.05) is 39.1 Å². The summed E-state index contributed by atoms with van der Waals surface area (Å²) in [6.45, 7) is 8.74. The maximum Gasteiger partial charge on any atom is 0.259 e. The Bertz CT molecular complexity index is 1150. The molecular formula is C29H32N4O. The molecule has 5 heteroatoms. The van der Waals surface area contributed by atoms with Gasteiger partial charge in [0.25, 0.3) is 5.91 Å². The van der Waals surface area contributed by atoms with E-state index in [4.69, 9.17) is 4.99 Å². The molecule has 2 aliphatic heterocycles. The summed E-state index contributed by atoms with van der Waals surface area (Å²) in [7, 11) is 0. The largest absolute Gasteiger partial charge is 0.340 e. The minimum atomic E-state index is -0.388. The molecule has 0 N–H and O–H groups in total. The molecule has 3 aromatic carbocycles. The van der Waals surface area contributed by atoms with E-state index in [1.807, 2.05) is 23.1 Å². The Morgan fingerprint density at radius 3 is 2.00 bits per heavy atom. The van der Waals surface area contributed by atoms with E-state index in [2.05, 4.69) is 84.3 Å². The number of aliphatic imine (C=N–C) groups is 1. The van der Waals surface area contributed by atoms with Crippen LogP contribution in [0, 0.1) is 13.8 Å². The van der Waals surface area contributed by atoms with Crippen LogP contribution >= 0.6 is 0 Å². The zero-order chi connectivity index (χ0) is 23.5. The molecule has 2 aliphatic rings. The van der Waals surface area contributed by atoms with Gasteiger partial charge in [0.15, 0.2) is 0 Å². The van der Waals surface area contributed by atoms with Crippen LogP contribution in [-0.4, -0.2) is 53.9 Å². The molecule has 1 amide bonds. The monoisotopic (exact) mass is 452 g/mol. The van der Waals surface area contributed by atoms with Crippen molar-refractivity contribution >= 4 is 17.6 Å². The minimum absolute atomic E-state index is 0.0653. The van der Waals surface area contributed by atoms with E-state index in [0.29, 0.717) is 6.42 Å².